The van der Waals surface area contributed by atoms with E-state index in [4.69, 9.17) is 4.74 Å². The van der Waals surface area contributed by atoms with Gasteiger partial charge >= 0.3 is 5.97 Å². The van der Waals surface area contributed by atoms with E-state index in [1.54, 1.807) is 43.3 Å². The van der Waals surface area contributed by atoms with Gasteiger partial charge in [0, 0.05) is 23.2 Å². The molecule has 2 aromatic rings. The number of fused-ring (bicyclic) bond motifs is 1. The first-order valence-electron chi connectivity index (χ1n) is 8.71. The Balaban J connectivity index is 1.98. The number of carbonyl (C=O) groups is 3. The van der Waals surface area contributed by atoms with Crippen molar-refractivity contribution in [1.29, 1.82) is 0 Å². The number of rotatable bonds is 5. The molecule has 2 aromatic carbocycles. The SMILES string of the molecule is CCOC(=O)CN(C(=O)c1ccccc1)c1ccc2c(c1)C(=O)CC2C. The fourth-order valence-corrected chi connectivity index (χ4v) is 3.23. The highest BCUT2D eigenvalue weighted by atomic mass is 16.5. The van der Waals surface area contributed by atoms with Crippen LogP contribution in [-0.2, 0) is 9.53 Å². The normalized spacial score (nSPS) is 15.5. The summed E-state index contributed by atoms with van der Waals surface area (Å²) in [5.41, 5.74) is 2.61. The zero-order valence-corrected chi connectivity index (χ0v) is 14.9. The molecule has 1 atom stereocenters. The average molecular weight is 351 g/mol. The minimum Gasteiger partial charge on any atom is -0.465 e. The molecule has 0 spiro atoms. The molecular formula is C21H21NO4. The molecule has 1 amide bonds. The summed E-state index contributed by atoms with van der Waals surface area (Å²) in [6, 6.07) is 14.1. The molecule has 0 aromatic heterocycles. The van der Waals surface area contributed by atoms with Crippen molar-refractivity contribution in [3.8, 4) is 0 Å². The molecule has 1 aliphatic rings. The lowest BCUT2D eigenvalue weighted by Gasteiger charge is -2.23. The summed E-state index contributed by atoms with van der Waals surface area (Å²) in [7, 11) is 0. The molecule has 0 heterocycles. The first-order valence-corrected chi connectivity index (χ1v) is 8.71. The van der Waals surface area contributed by atoms with E-state index < -0.39 is 5.97 Å². The Bertz CT molecular complexity index is 844. The molecule has 26 heavy (non-hydrogen) atoms. The first-order chi connectivity index (χ1) is 12.5. The van der Waals surface area contributed by atoms with E-state index in [1.165, 1.54) is 4.90 Å². The van der Waals surface area contributed by atoms with Gasteiger partial charge in [-0.1, -0.05) is 31.2 Å². The monoisotopic (exact) mass is 351 g/mol. The molecule has 0 aliphatic heterocycles. The minimum absolute atomic E-state index is 0.0672. The van der Waals surface area contributed by atoms with E-state index in [1.807, 2.05) is 19.1 Å². The number of Topliss-reactive ketones (excluding diaryl/α,β-unsaturated/α-hetero) is 1. The van der Waals surface area contributed by atoms with Crippen molar-refractivity contribution >= 4 is 23.3 Å². The summed E-state index contributed by atoms with van der Waals surface area (Å²) in [6.45, 7) is 3.77. The van der Waals surface area contributed by atoms with Crippen LogP contribution in [0.4, 0.5) is 5.69 Å². The minimum atomic E-state index is -0.489. The van der Waals surface area contributed by atoms with Gasteiger partial charge in [0.25, 0.3) is 5.91 Å². The van der Waals surface area contributed by atoms with E-state index in [2.05, 4.69) is 0 Å². The van der Waals surface area contributed by atoms with E-state index in [-0.39, 0.29) is 30.8 Å². The second-order valence-electron chi connectivity index (χ2n) is 6.36. The van der Waals surface area contributed by atoms with E-state index in [0.717, 1.165) is 5.56 Å². The number of benzene rings is 2. The number of ether oxygens (including phenoxy) is 1. The Labute approximate surface area is 152 Å². The third-order valence-corrected chi connectivity index (χ3v) is 4.53. The van der Waals surface area contributed by atoms with Crippen LogP contribution in [0.2, 0.25) is 0 Å². The highest BCUT2D eigenvalue weighted by molar-refractivity contribution is 6.09. The van der Waals surface area contributed by atoms with Crippen molar-refractivity contribution in [2.24, 2.45) is 0 Å². The molecule has 134 valence electrons. The van der Waals surface area contributed by atoms with Crippen molar-refractivity contribution in [2.45, 2.75) is 26.2 Å². The highest BCUT2D eigenvalue weighted by Gasteiger charge is 2.28. The summed E-state index contributed by atoms with van der Waals surface area (Å²) < 4.78 is 5.01. The summed E-state index contributed by atoms with van der Waals surface area (Å²) >= 11 is 0. The van der Waals surface area contributed by atoms with Crippen molar-refractivity contribution in [2.75, 3.05) is 18.1 Å². The largest absolute Gasteiger partial charge is 0.465 e. The molecule has 1 aliphatic carbocycles. The number of nitrogens with zero attached hydrogens (tertiary/aromatic N) is 1. The fraction of sp³-hybridized carbons (Fsp3) is 0.286. The second-order valence-corrected chi connectivity index (χ2v) is 6.36. The Hall–Kier alpha value is -2.95. The maximum atomic E-state index is 13.0. The third-order valence-electron chi connectivity index (χ3n) is 4.53. The van der Waals surface area contributed by atoms with Crippen LogP contribution in [0.5, 0.6) is 0 Å². The fourth-order valence-electron chi connectivity index (χ4n) is 3.23. The van der Waals surface area contributed by atoms with Crippen LogP contribution < -0.4 is 4.90 Å². The topological polar surface area (TPSA) is 63.7 Å². The molecular weight excluding hydrogens is 330 g/mol. The molecule has 0 saturated carbocycles. The van der Waals surface area contributed by atoms with Gasteiger partial charge in [-0.2, -0.15) is 0 Å². The Kier molecular flexibility index (Phi) is 5.16. The molecule has 0 bridgehead atoms. The van der Waals surface area contributed by atoms with Crippen LogP contribution in [0.3, 0.4) is 0 Å². The number of hydrogen-bond donors (Lipinski definition) is 0. The Morgan fingerprint density at radius 2 is 1.88 bits per heavy atom. The smallest absolute Gasteiger partial charge is 0.326 e. The summed E-state index contributed by atoms with van der Waals surface area (Å²) in [6.07, 6.45) is 0.475. The molecule has 5 nitrogen and oxygen atoms in total. The number of ketones is 1. The number of anilines is 1. The standard InChI is InChI=1S/C21H21NO4/c1-3-26-20(24)13-22(21(25)15-7-5-4-6-8-15)16-9-10-17-14(2)11-19(23)18(17)12-16/h4-10,12,14H,3,11,13H2,1-2H3. The first kappa shape index (κ1) is 17.9. The lowest BCUT2D eigenvalue weighted by atomic mass is 10.0. The van der Waals surface area contributed by atoms with Gasteiger partial charge in [-0.05, 0) is 42.7 Å². The van der Waals surface area contributed by atoms with Crippen LogP contribution in [-0.4, -0.2) is 30.8 Å². The maximum absolute atomic E-state index is 13.0. The zero-order valence-electron chi connectivity index (χ0n) is 14.9. The molecule has 3 rings (SSSR count). The lowest BCUT2D eigenvalue weighted by Crippen LogP contribution is -2.36. The van der Waals surface area contributed by atoms with Crippen LogP contribution in [0.15, 0.2) is 48.5 Å². The molecule has 0 fully saturated rings. The molecule has 0 radical (unpaired) electrons. The van der Waals surface area contributed by atoms with Crippen LogP contribution in [0, 0.1) is 0 Å². The van der Waals surface area contributed by atoms with E-state index >= 15 is 0 Å². The average Bonchev–Trinajstić information content (AvgIpc) is 2.93. The lowest BCUT2D eigenvalue weighted by molar-refractivity contribution is -0.141. The van der Waals surface area contributed by atoms with Gasteiger partial charge in [-0.25, -0.2) is 0 Å². The van der Waals surface area contributed by atoms with Crippen molar-refractivity contribution in [3.05, 3.63) is 65.2 Å². The zero-order chi connectivity index (χ0) is 18.7. The quantitative estimate of drug-likeness (QED) is 0.772. The predicted molar refractivity (Wildman–Crippen MR) is 98.6 cm³/mol. The van der Waals surface area contributed by atoms with Gasteiger partial charge in [-0.15, -0.1) is 0 Å². The van der Waals surface area contributed by atoms with Gasteiger partial charge in [0.2, 0.25) is 0 Å². The molecule has 0 N–H and O–H groups in total. The van der Waals surface area contributed by atoms with Gasteiger partial charge in [-0.3, -0.25) is 19.3 Å². The molecule has 5 heteroatoms. The van der Waals surface area contributed by atoms with Crippen molar-refractivity contribution < 1.29 is 19.1 Å². The van der Waals surface area contributed by atoms with Crippen LogP contribution >= 0.6 is 0 Å². The van der Waals surface area contributed by atoms with Gasteiger partial charge in [0.15, 0.2) is 5.78 Å². The Morgan fingerprint density at radius 3 is 2.58 bits per heavy atom. The van der Waals surface area contributed by atoms with Crippen molar-refractivity contribution in [3.63, 3.8) is 0 Å². The summed E-state index contributed by atoms with van der Waals surface area (Å²) in [4.78, 5) is 38.6. The molecule has 1 unspecified atom stereocenters. The van der Waals surface area contributed by atoms with Gasteiger partial charge in [0.1, 0.15) is 6.54 Å². The third kappa shape index (κ3) is 3.52. The number of carbonyl (C=O) groups excluding carboxylic acids is 3. The molecule has 0 saturated heterocycles. The summed E-state index contributed by atoms with van der Waals surface area (Å²) in [5, 5.41) is 0. The summed E-state index contributed by atoms with van der Waals surface area (Å²) in [5.74, 6) is -0.554. The predicted octanol–water partition coefficient (Wildman–Crippen LogP) is 3.59. The van der Waals surface area contributed by atoms with Gasteiger partial charge in [0.05, 0.1) is 6.61 Å². The second kappa shape index (κ2) is 7.52. The Morgan fingerprint density at radius 1 is 1.15 bits per heavy atom. The number of esters is 1. The van der Waals surface area contributed by atoms with Gasteiger partial charge < -0.3 is 4.74 Å². The van der Waals surface area contributed by atoms with E-state index in [9.17, 15) is 14.4 Å². The highest BCUT2D eigenvalue weighted by Crippen LogP contribution is 2.35. The van der Waals surface area contributed by atoms with E-state index in [0.29, 0.717) is 23.2 Å². The van der Waals surface area contributed by atoms with Crippen molar-refractivity contribution in [1.82, 2.24) is 0 Å². The van der Waals surface area contributed by atoms with Crippen LogP contribution in [0.25, 0.3) is 0 Å². The maximum Gasteiger partial charge on any atom is 0.326 e. The number of amides is 1. The van der Waals surface area contributed by atoms with Crippen LogP contribution in [0.1, 0.15) is 52.5 Å². The number of hydrogen-bond acceptors (Lipinski definition) is 4.